The lowest BCUT2D eigenvalue weighted by Gasteiger charge is -2.06. The smallest absolute Gasteiger partial charge is 0.269 e. The number of nitrogens with zero attached hydrogens (tertiary/aromatic N) is 3. The van der Waals surface area contributed by atoms with Gasteiger partial charge in [-0.1, -0.05) is 12.1 Å². The number of nitrogens with one attached hydrogen (secondary N) is 1. The van der Waals surface area contributed by atoms with Crippen molar-refractivity contribution < 1.29 is 4.92 Å². The molecule has 100 valence electrons. The molecule has 0 saturated carbocycles. The third-order valence-electron chi connectivity index (χ3n) is 3.13. The highest BCUT2D eigenvalue weighted by molar-refractivity contribution is 5.52. The third-order valence-corrected chi connectivity index (χ3v) is 3.13. The quantitative estimate of drug-likeness (QED) is 0.677. The molecule has 0 unspecified atom stereocenters. The summed E-state index contributed by atoms with van der Waals surface area (Å²) in [7, 11) is 1.90. The molecule has 1 heterocycles. The van der Waals surface area contributed by atoms with Gasteiger partial charge in [-0.05, 0) is 19.4 Å². The van der Waals surface area contributed by atoms with Gasteiger partial charge in [0.2, 0.25) is 0 Å². The molecular weight excluding hydrogens is 244 g/mol. The van der Waals surface area contributed by atoms with E-state index in [0.717, 1.165) is 22.6 Å². The molecule has 0 aliphatic heterocycles. The fraction of sp³-hybridized carbons (Fsp3) is 0.308. The first-order chi connectivity index (χ1) is 8.99. The molecule has 0 radical (unpaired) electrons. The largest absolute Gasteiger partial charge is 0.378 e. The minimum atomic E-state index is -0.396. The normalized spacial score (nSPS) is 10.5. The number of benzene rings is 1. The van der Waals surface area contributed by atoms with Gasteiger partial charge in [-0.3, -0.25) is 14.8 Å². The van der Waals surface area contributed by atoms with Gasteiger partial charge in [0, 0.05) is 25.7 Å². The van der Waals surface area contributed by atoms with Crippen molar-refractivity contribution in [3.8, 4) is 0 Å². The van der Waals surface area contributed by atoms with E-state index in [1.807, 2.05) is 25.6 Å². The summed E-state index contributed by atoms with van der Waals surface area (Å²) in [6.07, 6.45) is 0. The van der Waals surface area contributed by atoms with Crippen LogP contribution in [0.3, 0.4) is 0 Å². The van der Waals surface area contributed by atoms with Gasteiger partial charge in [-0.2, -0.15) is 5.10 Å². The second-order valence-electron chi connectivity index (χ2n) is 4.45. The molecule has 1 aromatic heterocycles. The first-order valence-electron chi connectivity index (χ1n) is 5.96. The summed E-state index contributed by atoms with van der Waals surface area (Å²) in [5, 5.41) is 18.2. The molecule has 0 aliphatic rings. The maximum Gasteiger partial charge on any atom is 0.269 e. The molecular formula is C13H16N4O2. The Kier molecular flexibility index (Phi) is 3.50. The second-order valence-corrected chi connectivity index (χ2v) is 4.45. The zero-order chi connectivity index (χ0) is 14.0. The monoisotopic (exact) mass is 260 g/mol. The molecule has 0 spiro atoms. The van der Waals surface area contributed by atoms with Crippen LogP contribution in [0.5, 0.6) is 0 Å². The molecule has 19 heavy (non-hydrogen) atoms. The molecule has 1 N–H and O–H groups in total. The van der Waals surface area contributed by atoms with Crippen LogP contribution < -0.4 is 5.32 Å². The predicted molar refractivity (Wildman–Crippen MR) is 73.1 cm³/mol. The Bertz CT molecular complexity index is 602. The molecule has 0 aliphatic carbocycles. The summed E-state index contributed by atoms with van der Waals surface area (Å²) < 4.78 is 1.83. The first kappa shape index (κ1) is 13.1. The average Bonchev–Trinajstić information content (AvgIpc) is 2.62. The van der Waals surface area contributed by atoms with Crippen LogP contribution in [0, 0.1) is 24.0 Å². The zero-order valence-corrected chi connectivity index (χ0v) is 11.2. The van der Waals surface area contributed by atoms with Crippen LogP contribution in [-0.4, -0.2) is 14.7 Å². The van der Waals surface area contributed by atoms with E-state index in [1.54, 1.807) is 12.1 Å². The molecule has 6 heteroatoms. The summed E-state index contributed by atoms with van der Waals surface area (Å²) in [5.41, 5.74) is 4.13. The highest BCUT2D eigenvalue weighted by Crippen LogP contribution is 2.20. The lowest BCUT2D eigenvalue weighted by molar-refractivity contribution is -0.384. The average molecular weight is 260 g/mol. The Balaban J connectivity index is 2.08. The van der Waals surface area contributed by atoms with Crippen LogP contribution in [0.2, 0.25) is 0 Å². The Labute approximate surface area is 111 Å². The Morgan fingerprint density at radius 2 is 1.95 bits per heavy atom. The summed E-state index contributed by atoms with van der Waals surface area (Å²) >= 11 is 0. The number of hydrogen-bond acceptors (Lipinski definition) is 4. The fourth-order valence-corrected chi connectivity index (χ4v) is 1.96. The lowest BCUT2D eigenvalue weighted by Crippen LogP contribution is -2.02. The first-order valence-corrected chi connectivity index (χ1v) is 5.96. The summed E-state index contributed by atoms with van der Waals surface area (Å²) in [6, 6.07) is 6.54. The number of aromatic nitrogens is 2. The van der Waals surface area contributed by atoms with E-state index in [-0.39, 0.29) is 5.69 Å². The Hall–Kier alpha value is -2.37. The van der Waals surface area contributed by atoms with E-state index >= 15 is 0 Å². The highest BCUT2D eigenvalue weighted by Gasteiger charge is 2.09. The van der Waals surface area contributed by atoms with E-state index < -0.39 is 4.92 Å². The van der Waals surface area contributed by atoms with Crippen molar-refractivity contribution in [3.63, 3.8) is 0 Å². The van der Waals surface area contributed by atoms with Crippen molar-refractivity contribution in [3.05, 3.63) is 51.3 Å². The summed E-state index contributed by atoms with van der Waals surface area (Å²) in [4.78, 5) is 10.2. The van der Waals surface area contributed by atoms with E-state index in [0.29, 0.717) is 6.54 Å². The minimum Gasteiger partial charge on any atom is -0.378 e. The van der Waals surface area contributed by atoms with Crippen LogP contribution in [0.4, 0.5) is 11.4 Å². The fourth-order valence-electron chi connectivity index (χ4n) is 1.96. The van der Waals surface area contributed by atoms with Gasteiger partial charge < -0.3 is 5.32 Å². The Morgan fingerprint density at radius 3 is 2.42 bits per heavy atom. The molecule has 1 aromatic carbocycles. The van der Waals surface area contributed by atoms with Crippen LogP contribution in [0.25, 0.3) is 0 Å². The maximum absolute atomic E-state index is 10.6. The summed E-state index contributed by atoms with van der Waals surface area (Å²) in [5.74, 6) is 0. The summed E-state index contributed by atoms with van der Waals surface area (Å²) in [6.45, 7) is 4.56. The molecule has 0 bridgehead atoms. The van der Waals surface area contributed by atoms with Gasteiger partial charge in [0.05, 0.1) is 22.0 Å². The number of rotatable bonds is 4. The van der Waals surface area contributed by atoms with Crippen molar-refractivity contribution in [2.24, 2.45) is 7.05 Å². The Morgan fingerprint density at radius 1 is 1.32 bits per heavy atom. The maximum atomic E-state index is 10.6. The molecule has 0 fully saturated rings. The van der Waals surface area contributed by atoms with Crippen LogP contribution in [0.1, 0.15) is 17.0 Å². The van der Waals surface area contributed by atoms with Gasteiger partial charge in [0.15, 0.2) is 0 Å². The lowest BCUT2D eigenvalue weighted by atomic mass is 10.2. The SMILES string of the molecule is Cc1nn(C)c(C)c1NCc1ccc([N+](=O)[O-])cc1. The highest BCUT2D eigenvalue weighted by atomic mass is 16.6. The van der Waals surface area contributed by atoms with Gasteiger partial charge in [0.25, 0.3) is 5.69 Å². The number of nitro benzene ring substituents is 1. The second kappa shape index (κ2) is 5.09. The van der Waals surface area contributed by atoms with E-state index in [4.69, 9.17) is 0 Å². The van der Waals surface area contributed by atoms with Crippen LogP contribution in [0.15, 0.2) is 24.3 Å². The van der Waals surface area contributed by atoms with Gasteiger partial charge in [-0.15, -0.1) is 0 Å². The number of aryl methyl sites for hydroxylation is 2. The van der Waals surface area contributed by atoms with Gasteiger partial charge in [0.1, 0.15) is 0 Å². The number of hydrogen-bond donors (Lipinski definition) is 1. The minimum absolute atomic E-state index is 0.109. The molecule has 6 nitrogen and oxygen atoms in total. The molecule has 2 rings (SSSR count). The van der Waals surface area contributed by atoms with Crippen molar-refractivity contribution in [1.82, 2.24) is 9.78 Å². The van der Waals surface area contributed by atoms with Crippen molar-refractivity contribution in [2.45, 2.75) is 20.4 Å². The number of nitro groups is 1. The van der Waals surface area contributed by atoms with E-state index in [9.17, 15) is 10.1 Å². The standard InChI is InChI=1S/C13H16N4O2/c1-9-13(10(2)16(3)15-9)14-8-11-4-6-12(7-5-11)17(18)19/h4-7,14H,8H2,1-3H3. The van der Waals surface area contributed by atoms with Crippen molar-refractivity contribution in [2.75, 3.05) is 5.32 Å². The number of non-ortho nitro benzene ring substituents is 1. The number of anilines is 1. The molecule has 0 amide bonds. The van der Waals surface area contributed by atoms with Crippen molar-refractivity contribution >= 4 is 11.4 Å². The van der Waals surface area contributed by atoms with E-state index in [2.05, 4.69) is 10.4 Å². The topological polar surface area (TPSA) is 73.0 Å². The van der Waals surface area contributed by atoms with Gasteiger partial charge in [-0.25, -0.2) is 0 Å². The van der Waals surface area contributed by atoms with Crippen LogP contribution >= 0.6 is 0 Å². The van der Waals surface area contributed by atoms with Crippen LogP contribution in [-0.2, 0) is 13.6 Å². The molecule has 2 aromatic rings. The molecule has 0 saturated heterocycles. The van der Waals surface area contributed by atoms with Gasteiger partial charge >= 0.3 is 0 Å². The van der Waals surface area contributed by atoms with E-state index in [1.165, 1.54) is 12.1 Å². The zero-order valence-electron chi connectivity index (χ0n) is 11.2. The predicted octanol–water partition coefficient (Wildman–Crippen LogP) is 2.56. The third kappa shape index (κ3) is 2.73. The van der Waals surface area contributed by atoms with Crippen molar-refractivity contribution in [1.29, 1.82) is 0 Å². The molecule has 0 atom stereocenters.